The zero-order valence-corrected chi connectivity index (χ0v) is 21.3. The normalized spacial score (nSPS) is 13.2. The van der Waals surface area contributed by atoms with Gasteiger partial charge in [-0.2, -0.15) is 8.42 Å². The number of anilines is 1. The minimum Gasteiger partial charge on any atom is -0.395 e. The van der Waals surface area contributed by atoms with Gasteiger partial charge in [0, 0.05) is 36.5 Å². The number of hydrogen-bond donors (Lipinski definition) is 5. The van der Waals surface area contributed by atoms with Crippen molar-refractivity contribution in [1.29, 1.82) is 0 Å². The molecule has 0 saturated heterocycles. The fourth-order valence-corrected chi connectivity index (χ4v) is 4.98. The Kier molecular flexibility index (Phi) is 10.3. The van der Waals surface area contributed by atoms with E-state index in [1.807, 2.05) is 58.0 Å². The van der Waals surface area contributed by atoms with Gasteiger partial charge in [-0.3, -0.25) is 4.55 Å². The van der Waals surface area contributed by atoms with Crippen LogP contribution in [0.2, 0.25) is 0 Å². The smallest absolute Gasteiger partial charge is 0.295 e. The molecule has 5 N–H and O–H groups in total. The number of nitrogens with zero attached hydrogens (tertiary/aromatic N) is 2. The van der Waals surface area contributed by atoms with Crippen molar-refractivity contribution < 1.29 is 38.0 Å². The molecular weight excluding hydrogens is 496 g/mol. The lowest BCUT2D eigenvalue weighted by atomic mass is 9.90. The van der Waals surface area contributed by atoms with Gasteiger partial charge >= 0.3 is 0 Å². The largest absolute Gasteiger partial charge is 0.395 e. The zero-order chi connectivity index (χ0) is 26.8. The van der Waals surface area contributed by atoms with Crippen LogP contribution in [0, 0.1) is 0 Å². The van der Waals surface area contributed by atoms with Gasteiger partial charge < -0.3 is 25.3 Å². The van der Waals surface area contributed by atoms with Crippen LogP contribution in [0.25, 0.3) is 5.57 Å². The predicted octanol–water partition coefficient (Wildman–Crippen LogP) is 1.09. The summed E-state index contributed by atoms with van der Waals surface area (Å²) in [5, 5.41) is 37.4. The number of allylic oxidation sites excluding steroid dienone is 5. The summed E-state index contributed by atoms with van der Waals surface area (Å²) in [6, 6.07) is 13.5. The van der Waals surface area contributed by atoms with E-state index in [0.29, 0.717) is 48.5 Å². The first-order valence-electron chi connectivity index (χ1n) is 11.9. The van der Waals surface area contributed by atoms with Crippen molar-refractivity contribution in [3.05, 3.63) is 89.5 Å². The van der Waals surface area contributed by atoms with Crippen molar-refractivity contribution in [2.75, 3.05) is 57.5 Å². The summed E-state index contributed by atoms with van der Waals surface area (Å²) in [4.78, 5) is 1.61. The maximum atomic E-state index is 12.2. The lowest BCUT2D eigenvalue weighted by Crippen LogP contribution is -2.29. The van der Waals surface area contributed by atoms with E-state index >= 15 is 0 Å². The van der Waals surface area contributed by atoms with Gasteiger partial charge in [-0.1, -0.05) is 30.3 Å². The van der Waals surface area contributed by atoms with Crippen LogP contribution in [0.5, 0.6) is 0 Å². The van der Waals surface area contributed by atoms with Gasteiger partial charge in [0.25, 0.3) is 10.1 Å². The highest BCUT2D eigenvalue weighted by Gasteiger charge is 2.22. The van der Waals surface area contributed by atoms with Gasteiger partial charge in [-0.25, -0.2) is 4.58 Å². The molecule has 0 spiro atoms. The molecule has 0 fully saturated rings. The summed E-state index contributed by atoms with van der Waals surface area (Å²) in [5.74, 6) is 0. The molecule has 1 aliphatic carbocycles. The lowest BCUT2D eigenvalue weighted by molar-refractivity contribution is -0.530. The lowest BCUT2D eigenvalue weighted by Gasteiger charge is -2.23. The summed E-state index contributed by atoms with van der Waals surface area (Å²) in [7, 11) is -4.52. The van der Waals surface area contributed by atoms with Gasteiger partial charge in [0.2, 0.25) is 0 Å². The maximum Gasteiger partial charge on any atom is 0.295 e. The zero-order valence-electron chi connectivity index (χ0n) is 20.4. The fraction of sp³-hybridized carbons (Fsp3) is 0.296. The molecule has 9 nitrogen and oxygen atoms in total. The van der Waals surface area contributed by atoms with E-state index in [9.17, 15) is 33.4 Å². The Morgan fingerprint density at radius 1 is 0.757 bits per heavy atom. The third-order valence-corrected chi connectivity index (χ3v) is 6.87. The SMILES string of the molecule is O=S(=O)(O)c1ccccc1C(=C1C=CC(=[N+](CCO)CCO)C=C1)c1ccc(N(CCO)CCO)cc1. The summed E-state index contributed by atoms with van der Waals surface area (Å²) >= 11 is 0. The Labute approximate surface area is 217 Å². The van der Waals surface area contributed by atoms with Crippen LogP contribution in [0.4, 0.5) is 5.69 Å². The van der Waals surface area contributed by atoms with Crippen LogP contribution in [-0.4, -0.2) is 96.3 Å². The molecule has 0 unspecified atom stereocenters. The summed E-state index contributed by atoms with van der Waals surface area (Å²) < 4.78 is 36.2. The van der Waals surface area contributed by atoms with Crippen LogP contribution >= 0.6 is 0 Å². The standard InChI is InChI=1S/C27H32N2O7S/c30-17-13-28(14-18-31)23-9-5-21(6-10-23)27(25-3-1-2-4-26(25)37(34,35)36)22-7-11-24(12-8-22)29(15-19-32)16-20-33/h1-12,30-33H,13-20H2/p+1. The van der Waals surface area contributed by atoms with Crippen molar-refractivity contribution in [2.24, 2.45) is 0 Å². The molecule has 3 rings (SSSR count). The highest BCUT2D eigenvalue weighted by molar-refractivity contribution is 7.86. The second-order valence-electron chi connectivity index (χ2n) is 8.31. The number of aliphatic hydroxyl groups excluding tert-OH is 4. The third kappa shape index (κ3) is 7.22. The summed E-state index contributed by atoms with van der Waals surface area (Å²) in [5.41, 5.74) is 3.88. The first-order valence-corrected chi connectivity index (χ1v) is 13.4. The van der Waals surface area contributed by atoms with E-state index in [0.717, 1.165) is 11.4 Å². The molecule has 0 radical (unpaired) electrons. The Morgan fingerprint density at radius 3 is 1.84 bits per heavy atom. The second-order valence-corrected chi connectivity index (χ2v) is 9.70. The third-order valence-electron chi connectivity index (χ3n) is 5.96. The van der Waals surface area contributed by atoms with Crippen molar-refractivity contribution in [2.45, 2.75) is 4.90 Å². The molecular formula is C27H33N2O7S+. The number of rotatable bonds is 12. The molecule has 0 aliphatic heterocycles. The number of aliphatic hydroxyl groups is 4. The number of hydrogen-bond acceptors (Lipinski definition) is 7. The van der Waals surface area contributed by atoms with Gasteiger partial charge in [-0.05, 0) is 47.1 Å². The van der Waals surface area contributed by atoms with Crippen LogP contribution in [0.15, 0.2) is 83.3 Å². The fourth-order valence-electron chi connectivity index (χ4n) is 4.28. The van der Waals surface area contributed by atoms with Crippen LogP contribution in [-0.2, 0) is 10.1 Å². The quantitative estimate of drug-likeness (QED) is 0.203. The maximum absolute atomic E-state index is 12.2. The van der Waals surface area contributed by atoms with Crippen molar-refractivity contribution >= 4 is 27.1 Å². The van der Waals surface area contributed by atoms with E-state index in [2.05, 4.69) is 0 Å². The van der Waals surface area contributed by atoms with E-state index in [-0.39, 0.29) is 31.3 Å². The Hall–Kier alpha value is -3.12. The summed E-state index contributed by atoms with van der Waals surface area (Å²) in [6.45, 7) is 1.11. The molecule has 10 heteroatoms. The molecule has 0 amide bonds. The van der Waals surface area contributed by atoms with Crippen molar-refractivity contribution in [3.8, 4) is 0 Å². The molecule has 0 bridgehead atoms. The van der Waals surface area contributed by atoms with E-state index in [1.165, 1.54) is 6.07 Å². The Balaban J connectivity index is 2.18. The molecule has 0 saturated carbocycles. The van der Waals surface area contributed by atoms with Crippen molar-refractivity contribution in [1.82, 2.24) is 0 Å². The molecule has 198 valence electrons. The van der Waals surface area contributed by atoms with Crippen LogP contribution < -0.4 is 4.90 Å². The highest BCUT2D eigenvalue weighted by Crippen LogP contribution is 2.34. The molecule has 37 heavy (non-hydrogen) atoms. The molecule has 0 aromatic heterocycles. The minimum atomic E-state index is -4.52. The molecule has 0 heterocycles. The van der Waals surface area contributed by atoms with Crippen molar-refractivity contribution in [3.63, 3.8) is 0 Å². The molecule has 2 aromatic carbocycles. The molecule has 1 aliphatic rings. The first kappa shape index (κ1) is 28.5. The average Bonchev–Trinajstić information content (AvgIpc) is 2.89. The predicted molar refractivity (Wildman–Crippen MR) is 143 cm³/mol. The van der Waals surface area contributed by atoms with E-state index < -0.39 is 10.1 Å². The second kappa shape index (κ2) is 13.4. The Bertz CT molecular complexity index is 1260. The van der Waals surface area contributed by atoms with Crippen LogP contribution in [0.1, 0.15) is 11.1 Å². The summed E-state index contributed by atoms with van der Waals surface area (Å²) in [6.07, 6.45) is 7.31. The Morgan fingerprint density at radius 2 is 1.32 bits per heavy atom. The minimum absolute atomic E-state index is 0.0726. The highest BCUT2D eigenvalue weighted by atomic mass is 32.2. The molecule has 2 aromatic rings. The van der Waals surface area contributed by atoms with Gasteiger partial charge in [0.1, 0.15) is 18.1 Å². The molecule has 0 atom stereocenters. The van der Waals surface area contributed by atoms with Crippen LogP contribution in [0.3, 0.4) is 0 Å². The average molecular weight is 530 g/mol. The first-order chi connectivity index (χ1) is 17.8. The van der Waals surface area contributed by atoms with Gasteiger partial charge in [0.05, 0.1) is 13.2 Å². The van der Waals surface area contributed by atoms with E-state index in [1.54, 1.807) is 18.2 Å². The van der Waals surface area contributed by atoms with Gasteiger partial charge in [0.15, 0.2) is 18.8 Å². The number of benzene rings is 2. The van der Waals surface area contributed by atoms with Gasteiger partial charge in [-0.15, -0.1) is 0 Å². The van der Waals surface area contributed by atoms with E-state index in [4.69, 9.17) is 0 Å². The topological polar surface area (TPSA) is 142 Å². The monoisotopic (exact) mass is 529 g/mol.